The molecule has 2 saturated carbocycles. The Balaban J connectivity index is 1.14. The Morgan fingerprint density at radius 1 is 1.14 bits per heavy atom. The second-order valence-electron chi connectivity index (χ2n) is 9.72. The standard InChI is InChI=1S/C23H30N2O3/c1-15-23(24-21(27)28-15)13-18(14-23)20(26)25-11-7-17(8-12-25)16-3-5-19(6-4-16)22(2)9-10-22/h3-6,15,17-18H,7-14H2,1-2H3,(H,24,27)/t15-,18-,23+/m0/s1. The summed E-state index contributed by atoms with van der Waals surface area (Å²) in [5.41, 5.74) is 3.01. The van der Waals surface area contributed by atoms with E-state index >= 15 is 0 Å². The molecule has 2 aliphatic carbocycles. The van der Waals surface area contributed by atoms with Gasteiger partial charge in [-0.3, -0.25) is 4.79 Å². The number of carbonyl (C=O) groups excluding carboxylic acids is 2. The van der Waals surface area contributed by atoms with E-state index in [2.05, 4.69) is 36.5 Å². The summed E-state index contributed by atoms with van der Waals surface area (Å²) in [6.45, 7) is 5.94. The van der Waals surface area contributed by atoms with Gasteiger partial charge in [0.15, 0.2) is 0 Å². The third-order valence-corrected chi connectivity index (χ3v) is 7.87. The van der Waals surface area contributed by atoms with Crippen LogP contribution in [0.3, 0.4) is 0 Å². The van der Waals surface area contributed by atoms with Crippen LogP contribution in [0, 0.1) is 5.92 Å². The van der Waals surface area contributed by atoms with Crippen molar-refractivity contribution < 1.29 is 14.3 Å². The van der Waals surface area contributed by atoms with E-state index in [1.807, 2.05) is 11.8 Å². The number of carbonyl (C=O) groups is 2. The fraction of sp³-hybridized carbons (Fsp3) is 0.652. The van der Waals surface area contributed by atoms with Gasteiger partial charge < -0.3 is 15.0 Å². The molecule has 28 heavy (non-hydrogen) atoms. The highest BCUT2D eigenvalue weighted by Crippen LogP contribution is 2.48. The molecule has 4 aliphatic rings. The molecule has 0 radical (unpaired) electrons. The number of amides is 2. The number of likely N-dealkylation sites (tertiary alicyclic amines) is 1. The second kappa shape index (κ2) is 6.23. The minimum atomic E-state index is -0.346. The van der Waals surface area contributed by atoms with Gasteiger partial charge in [0.2, 0.25) is 5.91 Å². The molecule has 4 fully saturated rings. The summed E-state index contributed by atoms with van der Waals surface area (Å²) in [6, 6.07) is 9.24. The van der Waals surface area contributed by atoms with E-state index in [0.717, 1.165) is 25.9 Å². The number of alkyl carbamates (subject to hydrolysis) is 1. The number of cyclic esters (lactones) is 1. The normalized spacial score (nSPS) is 33.9. The molecule has 2 amide bonds. The molecule has 1 atom stereocenters. The van der Waals surface area contributed by atoms with Crippen LogP contribution in [0.2, 0.25) is 0 Å². The molecule has 1 aromatic carbocycles. The maximum Gasteiger partial charge on any atom is 0.408 e. The summed E-state index contributed by atoms with van der Waals surface area (Å²) in [5.74, 6) is 0.842. The van der Waals surface area contributed by atoms with Crippen LogP contribution in [0.15, 0.2) is 24.3 Å². The second-order valence-corrected chi connectivity index (χ2v) is 9.72. The smallest absolute Gasteiger partial charge is 0.408 e. The van der Waals surface area contributed by atoms with Crippen LogP contribution >= 0.6 is 0 Å². The maximum atomic E-state index is 12.9. The van der Waals surface area contributed by atoms with Crippen molar-refractivity contribution in [1.82, 2.24) is 10.2 Å². The van der Waals surface area contributed by atoms with Crippen molar-refractivity contribution in [3.63, 3.8) is 0 Å². The van der Waals surface area contributed by atoms with Crippen molar-refractivity contribution in [2.45, 2.75) is 75.3 Å². The predicted octanol–water partition coefficient (Wildman–Crippen LogP) is 3.72. The van der Waals surface area contributed by atoms with Crippen LogP contribution < -0.4 is 5.32 Å². The van der Waals surface area contributed by atoms with Gasteiger partial charge in [0, 0.05) is 19.0 Å². The number of piperidine rings is 1. The highest BCUT2D eigenvalue weighted by atomic mass is 16.6. The Kier molecular flexibility index (Phi) is 4.01. The fourth-order valence-corrected chi connectivity index (χ4v) is 5.36. The van der Waals surface area contributed by atoms with Gasteiger partial charge in [-0.25, -0.2) is 4.79 Å². The van der Waals surface area contributed by atoms with E-state index in [1.165, 1.54) is 24.0 Å². The molecule has 5 rings (SSSR count). The molecule has 1 N–H and O–H groups in total. The van der Waals surface area contributed by atoms with Crippen LogP contribution in [0.4, 0.5) is 4.79 Å². The molecule has 5 heteroatoms. The van der Waals surface area contributed by atoms with Crippen molar-refractivity contribution in [1.29, 1.82) is 0 Å². The first kappa shape index (κ1) is 18.0. The Hall–Kier alpha value is -2.04. The first-order valence-corrected chi connectivity index (χ1v) is 10.8. The van der Waals surface area contributed by atoms with Crippen molar-refractivity contribution in [2.24, 2.45) is 5.92 Å². The van der Waals surface area contributed by atoms with Gasteiger partial charge in [-0.15, -0.1) is 0 Å². The Labute approximate surface area is 166 Å². The maximum absolute atomic E-state index is 12.9. The van der Waals surface area contributed by atoms with E-state index in [0.29, 0.717) is 24.2 Å². The van der Waals surface area contributed by atoms with Gasteiger partial charge in [0.05, 0.1) is 5.54 Å². The quantitative estimate of drug-likeness (QED) is 0.867. The summed E-state index contributed by atoms with van der Waals surface area (Å²) in [4.78, 5) is 26.4. The Bertz CT molecular complexity index is 785. The molecule has 150 valence electrons. The van der Waals surface area contributed by atoms with Crippen molar-refractivity contribution in [3.05, 3.63) is 35.4 Å². The number of nitrogens with zero attached hydrogens (tertiary/aromatic N) is 1. The van der Waals surface area contributed by atoms with Crippen LogP contribution in [0.1, 0.15) is 69.4 Å². The van der Waals surface area contributed by atoms with Gasteiger partial charge >= 0.3 is 6.09 Å². The minimum absolute atomic E-state index is 0.0274. The average molecular weight is 383 g/mol. The first-order chi connectivity index (χ1) is 13.4. The highest BCUT2D eigenvalue weighted by molar-refractivity contribution is 5.82. The third-order valence-electron chi connectivity index (χ3n) is 7.87. The average Bonchev–Trinajstić information content (AvgIpc) is 3.35. The number of ether oxygens (including phenoxy) is 1. The largest absolute Gasteiger partial charge is 0.444 e. The van der Waals surface area contributed by atoms with Gasteiger partial charge in [-0.05, 0) is 67.9 Å². The summed E-state index contributed by atoms with van der Waals surface area (Å²) >= 11 is 0. The zero-order valence-electron chi connectivity index (χ0n) is 16.9. The van der Waals surface area contributed by atoms with E-state index in [1.54, 1.807) is 0 Å². The third kappa shape index (κ3) is 2.90. The molecular formula is C23H30N2O3. The molecule has 1 spiro atoms. The zero-order chi connectivity index (χ0) is 19.5. The van der Waals surface area contributed by atoms with Gasteiger partial charge in [0.25, 0.3) is 0 Å². The summed E-state index contributed by atoms with van der Waals surface area (Å²) in [5, 5.41) is 2.92. The molecule has 1 aromatic rings. The van der Waals surface area contributed by atoms with E-state index < -0.39 is 0 Å². The molecule has 2 aliphatic heterocycles. The Morgan fingerprint density at radius 2 is 1.79 bits per heavy atom. The van der Waals surface area contributed by atoms with Crippen molar-refractivity contribution in [2.75, 3.05) is 13.1 Å². The van der Waals surface area contributed by atoms with E-state index in [9.17, 15) is 9.59 Å². The zero-order valence-corrected chi connectivity index (χ0v) is 16.9. The molecule has 5 nitrogen and oxygen atoms in total. The molecule has 2 saturated heterocycles. The van der Waals surface area contributed by atoms with Crippen LogP contribution in [-0.4, -0.2) is 41.6 Å². The van der Waals surface area contributed by atoms with Gasteiger partial charge in [-0.1, -0.05) is 31.2 Å². The highest BCUT2D eigenvalue weighted by Gasteiger charge is 2.57. The Morgan fingerprint density at radius 3 is 2.32 bits per heavy atom. The van der Waals surface area contributed by atoms with E-state index in [-0.39, 0.29) is 29.6 Å². The minimum Gasteiger partial charge on any atom is -0.444 e. The summed E-state index contributed by atoms with van der Waals surface area (Å²) < 4.78 is 5.21. The SMILES string of the molecule is C[C@@H]1OC(=O)N[C@]12C[C@@H](C(=O)N1CCC(c3ccc(C4(C)CC4)cc3)CC1)C2. The monoisotopic (exact) mass is 382 g/mol. The molecule has 0 unspecified atom stereocenters. The van der Waals surface area contributed by atoms with Gasteiger partial charge in [-0.2, -0.15) is 0 Å². The first-order valence-electron chi connectivity index (χ1n) is 10.8. The molecule has 0 aromatic heterocycles. The lowest BCUT2D eigenvalue weighted by Gasteiger charge is -2.47. The predicted molar refractivity (Wildman–Crippen MR) is 106 cm³/mol. The number of hydrogen-bond acceptors (Lipinski definition) is 3. The molecule has 2 heterocycles. The van der Waals surface area contributed by atoms with Gasteiger partial charge in [0.1, 0.15) is 6.10 Å². The lowest BCUT2D eigenvalue weighted by molar-refractivity contribution is -0.143. The van der Waals surface area contributed by atoms with Crippen LogP contribution in [-0.2, 0) is 14.9 Å². The van der Waals surface area contributed by atoms with Crippen molar-refractivity contribution >= 4 is 12.0 Å². The van der Waals surface area contributed by atoms with Crippen molar-refractivity contribution in [3.8, 4) is 0 Å². The fourth-order valence-electron chi connectivity index (χ4n) is 5.36. The van der Waals surface area contributed by atoms with E-state index in [4.69, 9.17) is 4.74 Å². The van der Waals surface area contributed by atoms with Crippen LogP contribution in [0.5, 0.6) is 0 Å². The molecule has 0 bridgehead atoms. The van der Waals surface area contributed by atoms with Crippen LogP contribution in [0.25, 0.3) is 0 Å². The lowest BCUT2D eigenvalue weighted by atomic mass is 9.65. The number of rotatable bonds is 3. The topological polar surface area (TPSA) is 58.6 Å². The summed E-state index contributed by atoms with van der Waals surface area (Å²) in [6.07, 6.45) is 5.62. The lowest BCUT2D eigenvalue weighted by Crippen LogP contribution is -2.61. The number of nitrogens with one attached hydrogen (secondary N) is 1. The molecular weight excluding hydrogens is 352 g/mol. The summed E-state index contributed by atoms with van der Waals surface area (Å²) in [7, 11) is 0. The number of hydrogen-bond donors (Lipinski definition) is 1. The number of benzene rings is 1.